The highest BCUT2D eigenvalue weighted by atomic mass is 35.5. The summed E-state index contributed by atoms with van der Waals surface area (Å²) in [7, 11) is -4.29. The highest BCUT2D eigenvalue weighted by Crippen LogP contribution is 2.31. The molecular formula is C18H13Cl3FN3O3S. The Balaban J connectivity index is 0.00000300. The lowest BCUT2D eigenvalue weighted by molar-refractivity contribution is 0.102. The zero-order valence-electron chi connectivity index (χ0n) is 14.4. The number of nitrogens with zero attached hydrogens (tertiary/aromatic N) is 1. The molecule has 0 atom stereocenters. The molecule has 1 amide bonds. The molecule has 0 aliphatic heterocycles. The van der Waals surface area contributed by atoms with Crippen molar-refractivity contribution in [3.63, 3.8) is 0 Å². The molecule has 2 aromatic carbocycles. The van der Waals surface area contributed by atoms with E-state index in [0.717, 1.165) is 18.2 Å². The number of aromatic nitrogens is 1. The van der Waals surface area contributed by atoms with Crippen LogP contribution in [0.1, 0.15) is 10.4 Å². The predicted octanol–water partition coefficient (Wildman–Crippen LogP) is 5.00. The average molecular weight is 477 g/mol. The number of rotatable bonds is 5. The Hall–Kier alpha value is -2.39. The lowest BCUT2D eigenvalue weighted by Crippen LogP contribution is -2.17. The number of halogens is 4. The molecule has 0 aliphatic rings. The summed E-state index contributed by atoms with van der Waals surface area (Å²) in [6, 6.07) is 10.6. The zero-order chi connectivity index (χ0) is 20.3. The van der Waals surface area contributed by atoms with Crippen LogP contribution >= 0.6 is 35.6 Å². The lowest BCUT2D eigenvalue weighted by Gasteiger charge is -2.13. The van der Waals surface area contributed by atoms with E-state index in [2.05, 4.69) is 15.0 Å². The Morgan fingerprint density at radius 3 is 2.41 bits per heavy atom. The van der Waals surface area contributed by atoms with Crippen LogP contribution in [0.15, 0.2) is 65.8 Å². The molecule has 152 valence electrons. The molecule has 0 saturated heterocycles. The third-order valence-corrected chi connectivity index (χ3v) is 5.74. The summed E-state index contributed by atoms with van der Waals surface area (Å²) in [4.78, 5) is 15.9. The van der Waals surface area contributed by atoms with E-state index < -0.39 is 26.6 Å². The molecule has 1 heterocycles. The van der Waals surface area contributed by atoms with Gasteiger partial charge in [0.2, 0.25) is 0 Å². The molecule has 0 radical (unpaired) electrons. The summed E-state index contributed by atoms with van der Waals surface area (Å²) >= 11 is 12.1. The van der Waals surface area contributed by atoms with E-state index in [1.54, 1.807) is 12.1 Å². The number of amides is 1. The van der Waals surface area contributed by atoms with Crippen molar-refractivity contribution in [3.8, 4) is 0 Å². The van der Waals surface area contributed by atoms with Crippen molar-refractivity contribution >= 4 is 62.9 Å². The van der Waals surface area contributed by atoms with Gasteiger partial charge in [0, 0.05) is 6.20 Å². The van der Waals surface area contributed by atoms with Gasteiger partial charge in [-0.1, -0.05) is 35.3 Å². The van der Waals surface area contributed by atoms with Gasteiger partial charge in [0.05, 0.1) is 33.2 Å². The molecule has 0 aliphatic carbocycles. The quantitative estimate of drug-likeness (QED) is 0.542. The Bertz CT molecular complexity index is 1150. The number of carbonyl (C=O) groups excluding carboxylic acids is 1. The fourth-order valence-electron chi connectivity index (χ4n) is 2.29. The highest BCUT2D eigenvalue weighted by molar-refractivity contribution is 7.92. The van der Waals surface area contributed by atoms with Gasteiger partial charge >= 0.3 is 0 Å². The molecule has 11 heteroatoms. The van der Waals surface area contributed by atoms with E-state index in [0.29, 0.717) is 5.69 Å². The third kappa shape index (κ3) is 5.36. The standard InChI is InChI=1S/C18H12Cl2FN3O3S.ClH/c19-13-9-14(20)17(28(26,27)24-16-6-2-1-5-15(16)21)8-12(13)18(25)23-11-4-3-7-22-10-11;/h1-10,24H,(H,23,25);1H. The molecule has 0 bridgehead atoms. The van der Waals surface area contributed by atoms with Crippen LogP contribution in [0.3, 0.4) is 0 Å². The van der Waals surface area contributed by atoms with E-state index in [9.17, 15) is 17.6 Å². The van der Waals surface area contributed by atoms with Gasteiger partial charge in [0.25, 0.3) is 15.9 Å². The van der Waals surface area contributed by atoms with Gasteiger partial charge in [-0.25, -0.2) is 12.8 Å². The lowest BCUT2D eigenvalue weighted by atomic mass is 10.2. The fraction of sp³-hybridized carbons (Fsp3) is 0. The fourth-order valence-corrected chi connectivity index (χ4v) is 4.22. The number of para-hydroxylation sites is 1. The van der Waals surface area contributed by atoms with Gasteiger partial charge in [0.1, 0.15) is 10.7 Å². The summed E-state index contributed by atoms with van der Waals surface area (Å²) in [5.41, 5.74) is 0.0195. The second kappa shape index (κ2) is 9.41. The van der Waals surface area contributed by atoms with E-state index in [1.807, 2.05) is 0 Å². The van der Waals surface area contributed by atoms with Crippen molar-refractivity contribution in [2.24, 2.45) is 0 Å². The minimum absolute atomic E-state index is 0. The number of sulfonamides is 1. The van der Waals surface area contributed by atoms with Crippen LogP contribution in [0, 0.1) is 5.82 Å². The van der Waals surface area contributed by atoms with Crippen molar-refractivity contribution in [2.45, 2.75) is 4.90 Å². The molecule has 6 nitrogen and oxygen atoms in total. The van der Waals surface area contributed by atoms with E-state index in [4.69, 9.17) is 23.2 Å². The van der Waals surface area contributed by atoms with Gasteiger partial charge in [-0.2, -0.15) is 0 Å². The van der Waals surface area contributed by atoms with Crippen LogP contribution < -0.4 is 10.0 Å². The largest absolute Gasteiger partial charge is 0.321 e. The summed E-state index contributed by atoms with van der Waals surface area (Å²) in [6.07, 6.45) is 2.95. The normalized spacial score (nSPS) is 10.7. The number of hydrogen-bond acceptors (Lipinski definition) is 4. The van der Waals surface area contributed by atoms with Crippen molar-refractivity contribution in [1.82, 2.24) is 4.98 Å². The molecule has 0 saturated carbocycles. The molecule has 0 spiro atoms. The van der Waals surface area contributed by atoms with Crippen LogP contribution in [-0.2, 0) is 10.0 Å². The van der Waals surface area contributed by atoms with Crippen molar-refractivity contribution in [2.75, 3.05) is 10.0 Å². The number of hydrogen-bond donors (Lipinski definition) is 2. The van der Waals surface area contributed by atoms with Crippen molar-refractivity contribution in [3.05, 3.63) is 82.4 Å². The number of pyridine rings is 1. The second-order valence-corrected chi connectivity index (χ2v) is 8.01. The first-order chi connectivity index (χ1) is 13.3. The zero-order valence-corrected chi connectivity index (χ0v) is 17.5. The number of anilines is 2. The number of benzene rings is 2. The topological polar surface area (TPSA) is 88.2 Å². The molecule has 0 unspecified atom stereocenters. The molecule has 3 aromatic rings. The summed E-state index contributed by atoms with van der Waals surface area (Å²) < 4.78 is 41.3. The molecule has 0 fully saturated rings. The Labute approximate surface area is 182 Å². The molecule has 1 aromatic heterocycles. The summed E-state index contributed by atoms with van der Waals surface area (Å²) in [6.45, 7) is 0. The summed E-state index contributed by atoms with van der Waals surface area (Å²) in [5, 5.41) is 2.29. The minimum atomic E-state index is -4.29. The smallest absolute Gasteiger partial charge is 0.263 e. The van der Waals surface area contributed by atoms with Crippen LogP contribution in [0.4, 0.5) is 15.8 Å². The highest BCUT2D eigenvalue weighted by Gasteiger charge is 2.24. The van der Waals surface area contributed by atoms with E-state index in [-0.39, 0.29) is 33.7 Å². The minimum Gasteiger partial charge on any atom is -0.321 e. The van der Waals surface area contributed by atoms with Gasteiger partial charge in [-0.15, -0.1) is 12.4 Å². The van der Waals surface area contributed by atoms with Crippen LogP contribution in [0.5, 0.6) is 0 Å². The Morgan fingerprint density at radius 1 is 1.03 bits per heavy atom. The molecule has 3 rings (SSSR count). The molecule has 29 heavy (non-hydrogen) atoms. The third-order valence-electron chi connectivity index (χ3n) is 3.59. The average Bonchev–Trinajstić information content (AvgIpc) is 2.64. The molecular weight excluding hydrogens is 464 g/mol. The van der Waals surface area contributed by atoms with E-state index in [1.165, 1.54) is 30.6 Å². The molecule has 2 N–H and O–H groups in total. The number of carbonyl (C=O) groups is 1. The second-order valence-electron chi connectivity index (χ2n) is 5.54. The Morgan fingerprint density at radius 2 is 1.76 bits per heavy atom. The maximum Gasteiger partial charge on any atom is 0.263 e. The first kappa shape index (κ1) is 22.9. The predicted molar refractivity (Wildman–Crippen MR) is 113 cm³/mol. The maximum absolute atomic E-state index is 13.8. The SMILES string of the molecule is Cl.O=C(Nc1cccnc1)c1cc(S(=O)(=O)Nc2ccccc2F)c(Cl)cc1Cl. The Kier molecular flexibility index (Phi) is 7.43. The van der Waals surface area contributed by atoms with Crippen molar-refractivity contribution < 1.29 is 17.6 Å². The van der Waals surface area contributed by atoms with Gasteiger partial charge in [-0.05, 0) is 36.4 Å². The van der Waals surface area contributed by atoms with Gasteiger partial charge in [0.15, 0.2) is 0 Å². The first-order valence-electron chi connectivity index (χ1n) is 7.76. The summed E-state index contributed by atoms with van der Waals surface area (Å²) in [5.74, 6) is -1.41. The van der Waals surface area contributed by atoms with Gasteiger partial charge < -0.3 is 5.32 Å². The first-order valence-corrected chi connectivity index (χ1v) is 9.99. The number of nitrogens with one attached hydrogen (secondary N) is 2. The van der Waals surface area contributed by atoms with Crippen LogP contribution in [-0.4, -0.2) is 19.3 Å². The van der Waals surface area contributed by atoms with Crippen molar-refractivity contribution in [1.29, 1.82) is 0 Å². The monoisotopic (exact) mass is 475 g/mol. The van der Waals surface area contributed by atoms with E-state index >= 15 is 0 Å². The maximum atomic E-state index is 13.8. The van der Waals surface area contributed by atoms with Crippen LogP contribution in [0.2, 0.25) is 10.0 Å². The van der Waals surface area contributed by atoms with Gasteiger partial charge in [-0.3, -0.25) is 14.5 Å². The van der Waals surface area contributed by atoms with Crippen LogP contribution in [0.25, 0.3) is 0 Å².